The summed E-state index contributed by atoms with van der Waals surface area (Å²) in [6.07, 6.45) is 0. The molecule has 0 aromatic rings. The molecular weight excluding hydrogens is 184 g/mol. The van der Waals surface area contributed by atoms with E-state index in [9.17, 15) is 9.59 Å². The highest BCUT2D eigenvalue weighted by atomic mass is 16.2. The lowest BCUT2D eigenvalue weighted by atomic mass is 10.0. The molecule has 14 heavy (non-hydrogen) atoms. The highest BCUT2D eigenvalue weighted by Crippen LogP contribution is 2.13. The largest absolute Gasteiger partial charge is 0.369 e. The van der Waals surface area contributed by atoms with Gasteiger partial charge in [0.05, 0.1) is 6.54 Å². The molecule has 0 radical (unpaired) electrons. The number of hydrogen-bond acceptors (Lipinski definition) is 3. The first-order valence-electron chi connectivity index (χ1n) is 4.59. The fourth-order valence-corrected chi connectivity index (χ4v) is 1.42. The van der Waals surface area contributed by atoms with Crippen LogP contribution in [0.3, 0.4) is 0 Å². The maximum atomic E-state index is 11.0. The van der Waals surface area contributed by atoms with Crippen LogP contribution in [-0.4, -0.2) is 50.1 Å². The van der Waals surface area contributed by atoms with Crippen molar-refractivity contribution in [3.63, 3.8) is 0 Å². The zero-order chi connectivity index (χ0) is 10.6. The van der Waals surface area contributed by atoms with E-state index in [2.05, 4.69) is 10.6 Å². The second-order valence-electron chi connectivity index (χ2n) is 3.42. The Labute approximate surface area is 82.8 Å². The van der Waals surface area contributed by atoms with E-state index in [1.165, 1.54) is 0 Å². The van der Waals surface area contributed by atoms with Gasteiger partial charge in [-0.2, -0.15) is 0 Å². The quantitative estimate of drug-likeness (QED) is 0.507. The van der Waals surface area contributed by atoms with E-state index in [1.54, 1.807) is 11.9 Å². The van der Waals surface area contributed by atoms with Gasteiger partial charge in [0.1, 0.15) is 0 Å². The molecule has 4 N–H and O–H groups in total. The summed E-state index contributed by atoms with van der Waals surface area (Å²) in [5, 5.41) is 5.49. The summed E-state index contributed by atoms with van der Waals surface area (Å²) in [7, 11) is 1.61. The van der Waals surface area contributed by atoms with Gasteiger partial charge >= 0.3 is 6.03 Å². The Bertz CT molecular complexity index is 225. The Morgan fingerprint density at radius 2 is 2.14 bits per heavy atom. The molecule has 0 aromatic carbocycles. The summed E-state index contributed by atoms with van der Waals surface area (Å²) in [4.78, 5) is 23.2. The molecule has 0 unspecified atom stereocenters. The molecule has 0 aromatic heterocycles. The van der Waals surface area contributed by atoms with Crippen molar-refractivity contribution in [2.45, 2.75) is 0 Å². The fraction of sp³-hybridized carbons (Fsp3) is 0.750. The van der Waals surface area contributed by atoms with Crippen molar-refractivity contribution in [3.05, 3.63) is 0 Å². The number of primary amides is 1. The molecule has 6 nitrogen and oxygen atoms in total. The van der Waals surface area contributed by atoms with Crippen molar-refractivity contribution in [1.29, 1.82) is 0 Å². The summed E-state index contributed by atoms with van der Waals surface area (Å²) in [5.41, 5.74) is 4.96. The Morgan fingerprint density at radius 3 is 2.64 bits per heavy atom. The molecule has 6 heteroatoms. The summed E-state index contributed by atoms with van der Waals surface area (Å²) in [6, 6.07) is -0.0452. The molecule has 0 atom stereocenters. The van der Waals surface area contributed by atoms with Crippen LogP contribution in [0.4, 0.5) is 4.79 Å². The van der Waals surface area contributed by atoms with Gasteiger partial charge in [-0.1, -0.05) is 0 Å². The molecule has 1 heterocycles. The van der Waals surface area contributed by atoms with E-state index >= 15 is 0 Å². The number of nitrogens with zero attached hydrogens (tertiary/aromatic N) is 1. The van der Waals surface area contributed by atoms with Crippen LogP contribution >= 0.6 is 0 Å². The topological polar surface area (TPSA) is 87.5 Å². The van der Waals surface area contributed by atoms with Crippen molar-refractivity contribution in [3.8, 4) is 0 Å². The minimum atomic E-state index is -0.354. The van der Waals surface area contributed by atoms with Gasteiger partial charge < -0.3 is 21.3 Å². The first-order chi connectivity index (χ1) is 6.63. The molecule has 1 saturated heterocycles. The maximum absolute atomic E-state index is 11.0. The second kappa shape index (κ2) is 4.80. The number of carbonyl (C=O) groups excluding carboxylic acids is 2. The van der Waals surface area contributed by atoms with Gasteiger partial charge in [0.15, 0.2) is 0 Å². The third-order valence-electron chi connectivity index (χ3n) is 2.19. The van der Waals surface area contributed by atoms with Gasteiger partial charge in [-0.25, -0.2) is 4.79 Å². The lowest BCUT2D eigenvalue weighted by Gasteiger charge is -2.38. The van der Waals surface area contributed by atoms with Crippen molar-refractivity contribution in [2.75, 3.05) is 33.2 Å². The number of amides is 3. The Kier molecular flexibility index (Phi) is 3.70. The number of urea groups is 1. The average Bonchev–Trinajstić information content (AvgIpc) is 2.07. The molecule has 1 aliphatic heterocycles. The molecule has 0 spiro atoms. The minimum absolute atomic E-state index is 0.0452. The van der Waals surface area contributed by atoms with Crippen LogP contribution < -0.4 is 16.4 Å². The maximum Gasteiger partial charge on any atom is 0.317 e. The monoisotopic (exact) mass is 200 g/mol. The first kappa shape index (κ1) is 10.8. The second-order valence-corrected chi connectivity index (χ2v) is 3.42. The lowest BCUT2D eigenvalue weighted by molar-refractivity contribution is -0.117. The average molecular weight is 200 g/mol. The molecule has 1 fully saturated rings. The third-order valence-corrected chi connectivity index (χ3v) is 2.19. The van der Waals surface area contributed by atoms with Gasteiger partial charge in [0.2, 0.25) is 5.91 Å². The molecule has 80 valence electrons. The molecule has 1 aliphatic rings. The molecule has 0 bridgehead atoms. The van der Waals surface area contributed by atoms with Crippen LogP contribution in [-0.2, 0) is 4.79 Å². The van der Waals surface area contributed by atoms with Gasteiger partial charge in [0, 0.05) is 32.6 Å². The SMILES string of the molecule is CNC(=O)N1CC(CNCC(N)=O)C1. The zero-order valence-corrected chi connectivity index (χ0v) is 8.25. The van der Waals surface area contributed by atoms with E-state index in [1.807, 2.05) is 0 Å². The van der Waals surface area contributed by atoms with E-state index in [4.69, 9.17) is 5.73 Å². The molecule has 1 rings (SSSR count). The predicted octanol–water partition coefficient (Wildman–Crippen LogP) is -1.67. The predicted molar refractivity (Wildman–Crippen MR) is 51.6 cm³/mol. The Balaban J connectivity index is 2.04. The van der Waals surface area contributed by atoms with Gasteiger partial charge in [-0.05, 0) is 0 Å². The van der Waals surface area contributed by atoms with Crippen molar-refractivity contribution < 1.29 is 9.59 Å². The number of likely N-dealkylation sites (tertiary alicyclic amines) is 1. The van der Waals surface area contributed by atoms with Gasteiger partial charge in [0.25, 0.3) is 0 Å². The first-order valence-corrected chi connectivity index (χ1v) is 4.59. The zero-order valence-electron chi connectivity index (χ0n) is 8.25. The Hall–Kier alpha value is -1.30. The Morgan fingerprint density at radius 1 is 1.50 bits per heavy atom. The minimum Gasteiger partial charge on any atom is -0.369 e. The van der Waals surface area contributed by atoms with Crippen LogP contribution in [0.1, 0.15) is 0 Å². The molecular formula is C8H16N4O2. The van der Waals surface area contributed by atoms with Crippen LogP contribution in [0, 0.1) is 5.92 Å². The summed E-state index contributed by atoms with van der Waals surface area (Å²) < 4.78 is 0. The van der Waals surface area contributed by atoms with E-state index in [0.29, 0.717) is 5.92 Å². The normalized spacial score (nSPS) is 16.2. The van der Waals surface area contributed by atoms with Crippen molar-refractivity contribution >= 4 is 11.9 Å². The smallest absolute Gasteiger partial charge is 0.317 e. The summed E-state index contributed by atoms with van der Waals surface area (Å²) in [6.45, 7) is 2.42. The van der Waals surface area contributed by atoms with E-state index in [0.717, 1.165) is 19.6 Å². The third kappa shape index (κ3) is 2.88. The number of carbonyl (C=O) groups is 2. The number of hydrogen-bond donors (Lipinski definition) is 3. The standard InChI is InChI=1S/C8H16N4O2/c1-10-8(14)12-4-6(5-12)2-11-3-7(9)13/h6,11H,2-5H2,1H3,(H2,9,13)(H,10,14). The summed E-state index contributed by atoms with van der Waals surface area (Å²) >= 11 is 0. The number of nitrogens with one attached hydrogen (secondary N) is 2. The van der Waals surface area contributed by atoms with Crippen molar-refractivity contribution in [1.82, 2.24) is 15.5 Å². The van der Waals surface area contributed by atoms with Crippen LogP contribution in [0.25, 0.3) is 0 Å². The van der Waals surface area contributed by atoms with E-state index < -0.39 is 0 Å². The highest BCUT2D eigenvalue weighted by molar-refractivity contribution is 5.76. The summed E-state index contributed by atoms with van der Waals surface area (Å²) in [5.74, 6) is 0.0825. The van der Waals surface area contributed by atoms with Gasteiger partial charge in [-0.15, -0.1) is 0 Å². The van der Waals surface area contributed by atoms with Crippen LogP contribution in [0.2, 0.25) is 0 Å². The van der Waals surface area contributed by atoms with Gasteiger partial charge in [-0.3, -0.25) is 4.79 Å². The van der Waals surface area contributed by atoms with Crippen LogP contribution in [0.5, 0.6) is 0 Å². The lowest BCUT2D eigenvalue weighted by Crippen LogP contribution is -2.56. The van der Waals surface area contributed by atoms with Crippen LogP contribution in [0.15, 0.2) is 0 Å². The van der Waals surface area contributed by atoms with E-state index in [-0.39, 0.29) is 18.5 Å². The number of nitrogens with two attached hydrogens (primary N) is 1. The number of rotatable bonds is 4. The highest BCUT2D eigenvalue weighted by Gasteiger charge is 2.29. The van der Waals surface area contributed by atoms with Crippen molar-refractivity contribution in [2.24, 2.45) is 11.7 Å². The molecule has 3 amide bonds. The molecule has 0 saturated carbocycles. The molecule has 0 aliphatic carbocycles. The fourth-order valence-electron chi connectivity index (χ4n) is 1.42.